The van der Waals surface area contributed by atoms with Gasteiger partial charge in [-0.2, -0.15) is 0 Å². The molecule has 1 fully saturated rings. The second kappa shape index (κ2) is 8.69. The van der Waals surface area contributed by atoms with E-state index in [1.54, 1.807) is 26.8 Å². The summed E-state index contributed by atoms with van der Waals surface area (Å²) in [5, 5.41) is 2.56. The summed E-state index contributed by atoms with van der Waals surface area (Å²) in [4.78, 5) is 38.5. The molecule has 7 nitrogen and oxygen atoms in total. The van der Waals surface area contributed by atoms with Crippen LogP contribution in [0.3, 0.4) is 0 Å². The number of hydrogen-bond acceptors (Lipinski definition) is 5. The summed E-state index contributed by atoms with van der Waals surface area (Å²) in [6, 6.07) is -1.85. The van der Waals surface area contributed by atoms with Gasteiger partial charge in [-0.1, -0.05) is 12.2 Å². The monoisotopic (exact) mass is 352 g/mol. The Balaban J connectivity index is 2.98. The quantitative estimate of drug-likeness (QED) is 0.585. The van der Waals surface area contributed by atoms with Crippen LogP contribution in [0.25, 0.3) is 0 Å². The van der Waals surface area contributed by atoms with Gasteiger partial charge in [-0.25, -0.2) is 9.59 Å². The van der Waals surface area contributed by atoms with Crippen LogP contribution in [-0.4, -0.2) is 53.7 Å². The maximum Gasteiger partial charge on any atom is 0.408 e. The number of likely N-dealkylation sites (tertiary alicyclic amines) is 1. The van der Waals surface area contributed by atoms with Crippen molar-refractivity contribution in [2.24, 2.45) is 0 Å². The van der Waals surface area contributed by atoms with Gasteiger partial charge in [-0.3, -0.25) is 4.79 Å². The molecule has 0 aliphatic carbocycles. The van der Waals surface area contributed by atoms with Crippen molar-refractivity contribution in [1.82, 2.24) is 10.2 Å². The molecular weight excluding hydrogens is 324 g/mol. The van der Waals surface area contributed by atoms with Crippen LogP contribution in [0.4, 0.5) is 4.79 Å². The minimum atomic E-state index is -0.875. The normalized spacial score (nSPS) is 21.2. The minimum Gasteiger partial charge on any atom is -0.467 e. The fraction of sp³-hybridized carbons (Fsp3) is 0.611. The lowest BCUT2D eigenvalue weighted by Gasteiger charge is -2.31. The third-order valence-electron chi connectivity index (χ3n) is 3.82. The molecule has 2 amide bonds. The van der Waals surface area contributed by atoms with Crippen LogP contribution >= 0.6 is 0 Å². The molecule has 0 saturated carbocycles. The zero-order chi connectivity index (χ0) is 19.2. The summed E-state index contributed by atoms with van der Waals surface area (Å²) < 4.78 is 10.0. The first-order valence-corrected chi connectivity index (χ1v) is 8.27. The van der Waals surface area contributed by atoms with Crippen molar-refractivity contribution in [3.63, 3.8) is 0 Å². The van der Waals surface area contributed by atoms with Gasteiger partial charge in [0.15, 0.2) is 0 Å². The number of amides is 2. The summed E-state index contributed by atoms with van der Waals surface area (Å²) in [6.07, 6.45) is 3.78. The number of nitrogens with zero attached hydrogens (tertiary/aromatic N) is 1. The van der Waals surface area contributed by atoms with Crippen LogP contribution < -0.4 is 5.32 Å². The van der Waals surface area contributed by atoms with Gasteiger partial charge in [0.05, 0.1) is 13.2 Å². The lowest BCUT2D eigenvalue weighted by molar-refractivity contribution is -0.152. The van der Waals surface area contributed by atoms with E-state index in [0.717, 1.165) is 0 Å². The molecule has 1 rings (SSSR count). The topological polar surface area (TPSA) is 84.9 Å². The number of alkyl carbamates (subject to hydrolysis) is 1. The lowest BCUT2D eigenvalue weighted by atomic mass is 10.1. The molecule has 0 aromatic heterocycles. The van der Waals surface area contributed by atoms with E-state index in [2.05, 4.69) is 18.5 Å². The Morgan fingerprint density at radius 3 is 2.40 bits per heavy atom. The molecule has 0 spiro atoms. The van der Waals surface area contributed by atoms with Gasteiger partial charge in [-0.05, 0) is 40.0 Å². The first-order valence-electron chi connectivity index (χ1n) is 8.27. The summed E-state index contributed by atoms with van der Waals surface area (Å²) in [6.45, 7) is 12.6. The van der Waals surface area contributed by atoms with Gasteiger partial charge in [0.25, 0.3) is 0 Å². The SMILES string of the molecule is C=CC[C@H](NC(=O)OC(C)(C)C)C(=O)N1[C@@H](C=C)CC[C@H]1C(=O)OC. The molecule has 1 heterocycles. The first kappa shape index (κ1) is 20.7. The van der Waals surface area contributed by atoms with Crippen molar-refractivity contribution in [1.29, 1.82) is 0 Å². The van der Waals surface area contributed by atoms with E-state index < -0.39 is 29.7 Å². The molecule has 1 N–H and O–H groups in total. The largest absolute Gasteiger partial charge is 0.467 e. The fourth-order valence-electron chi connectivity index (χ4n) is 2.77. The van der Waals surface area contributed by atoms with E-state index in [9.17, 15) is 14.4 Å². The maximum atomic E-state index is 13.0. The number of carbonyl (C=O) groups excluding carboxylic acids is 3. The molecule has 1 saturated heterocycles. The van der Waals surface area contributed by atoms with E-state index >= 15 is 0 Å². The Labute approximate surface area is 149 Å². The fourth-order valence-corrected chi connectivity index (χ4v) is 2.77. The van der Waals surface area contributed by atoms with Crippen LogP contribution in [0.15, 0.2) is 25.3 Å². The highest BCUT2D eigenvalue weighted by Crippen LogP contribution is 2.27. The first-order chi connectivity index (χ1) is 11.6. The van der Waals surface area contributed by atoms with Crippen molar-refractivity contribution in [3.05, 3.63) is 25.3 Å². The van der Waals surface area contributed by atoms with Gasteiger partial charge in [0.2, 0.25) is 5.91 Å². The zero-order valence-corrected chi connectivity index (χ0v) is 15.4. The van der Waals surface area contributed by atoms with Crippen molar-refractivity contribution < 1.29 is 23.9 Å². The second-order valence-electron chi connectivity index (χ2n) is 6.89. The molecule has 0 unspecified atom stereocenters. The number of ether oxygens (including phenoxy) is 2. The van der Waals surface area contributed by atoms with E-state index in [1.807, 2.05) is 0 Å². The molecular formula is C18H28N2O5. The Kier molecular flexibility index (Phi) is 7.21. The zero-order valence-electron chi connectivity index (χ0n) is 15.4. The molecule has 3 atom stereocenters. The molecule has 0 aromatic carbocycles. The number of methoxy groups -OCH3 is 1. The van der Waals surface area contributed by atoms with E-state index in [-0.39, 0.29) is 18.4 Å². The van der Waals surface area contributed by atoms with Crippen LogP contribution in [0, 0.1) is 0 Å². The maximum absolute atomic E-state index is 13.0. The summed E-state index contributed by atoms with van der Waals surface area (Å²) in [5.74, 6) is -0.865. The van der Waals surface area contributed by atoms with Gasteiger partial charge in [0.1, 0.15) is 17.7 Å². The Hall–Kier alpha value is -2.31. The average molecular weight is 352 g/mol. The lowest BCUT2D eigenvalue weighted by Crippen LogP contribution is -2.54. The summed E-state index contributed by atoms with van der Waals surface area (Å²) in [5.41, 5.74) is -0.683. The number of esters is 1. The van der Waals surface area contributed by atoms with Crippen molar-refractivity contribution in [2.75, 3.05) is 7.11 Å². The van der Waals surface area contributed by atoms with Crippen LogP contribution in [-0.2, 0) is 19.1 Å². The highest BCUT2D eigenvalue weighted by Gasteiger charge is 2.42. The molecule has 0 bridgehead atoms. The number of hydrogen-bond donors (Lipinski definition) is 1. The molecule has 7 heteroatoms. The van der Waals surface area contributed by atoms with Crippen molar-refractivity contribution in [3.8, 4) is 0 Å². The molecule has 0 aromatic rings. The van der Waals surface area contributed by atoms with Gasteiger partial charge >= 0.3 is 12.1 Å². The van der Waals surface area contributed by atoms with Crippen molar-refractivity contribution >= 4 is 18.0 Å². The second-order valence-corrected chi connectivity index (χ2v) is 6.89. The third-order valence-corrected chi connectivity index (χ3v) is 3.82. The molecule has 0 radical (unpaired) electrons. The number of rotatable bonds is 6. The van der Waals surface area contributed by atoms with Crippen LogP contribution in [0.1, 0.15) is 40.0 Å². The predicted octanol–water partition coefficient (Wildman–Crippen LogP) is 2.17. The van der Waals surface area contributed by atoms with Gasteiger partial charge in [0, 0.05) is 0 Å². The molecule has 1 aliphatic heterocycles. The predicted molar refractivity (Wildman–Crippen MR) is 93.8 cm³/mol. The number of carbonyl (C=O) groups is 3. The van der Waals surface area contributed by atoms with Gasteiger partial charge < -0.3 is 19.7 Å². The highest BCUT2D eigenvalue weighted by atomic mass is 16.6. The van der Waals surface area contributed by atoms with E-state index in [4.69, 9.17) is 9.47 Å². The Morgan fingerprint density at radius 2 is 1.92 bits per heavy atom. The van der Waals surface area contributed by atoms with E-state index in [0.29, 0.717) is 12.8 Å². The molecule has 1 aliphatic rings. The Morgan fingerprint density at radius 1 is 1.28 bits per heavy atom. The van der Waals surface area contributed by atoms with E-state index in [1.165, 1.54) is 18.1 Å². The molecule has 25 heavy (non-hydrogen) atoms. The minimum absolute atomic E-state index is 0.215. The molecule has 140 valence electrons. The van der Waals surface area contributed by atoms with Gasteiger partial charge in [-0.15, -0.1) is 13.2 Å². The van der Waals surface area contributed by atoms with Crippen LogP contribution in [0.5, 0.6) is 0 Å². The number of nitrogens with one attached hydrogen (secondary N) is 1. The third kappa shape index (κ3) is 5.62. The van der Waals surface area contributed by atoms with Crippen LogP contribution in [0.2, 0.25) is 0 Å². The smallest absolute Gasteiger partial charge is 0.408 e. The average Bonchev–Trinajstić information content (AvgIpc) is 2.95. The summed E-state index contributed by atoms with van der Waals surface area (Å²) >= 11 is 0. The summed E-state index contributed by atoms with van der Waals surface area (Å²) in [7, 11) is 1.28. The Bertz CT molecular complexity index is 538. The highest BCUT2D eigenvalue weighted by molar-refractivity contribution is 5.90. The standard InChI is InChI=1S/C18H28N2O5/c1-7-9-13(19-17(23)25-18(3,4)5)15(21)20-12(8-2)10-11-14(20)16(22)24-6/h7-8,12-14H,1-2,9-11H2,3-6H3,(H,19,23)/t12-,13-,14-/m0/s1. The van der Waals surface area contributed by atoms with Crippen molar-refractivity contribution in [2.45, 2.75) is 63.8 Å².